The molecule has 1 aliphatic carbocycles. The van der Waals surface area contributed by atoms with Gasteiger partial charge in [-0.2, -0.15) is 11.8 Å². The van der Waals surface area contributed by atoms with Crippen molar-refractivity contribution in [1.82, 2.24) is 10.2 Å². The largest absolute Gasteiger partial charge is 0.341 e. The van der Waals surface area contributed by atoms with Crippen LogP contribution in [0, 0.1) is 11.3 Å². The first-order valence-electron chi connectivity index (χ1n) is 6.39. The first kappa shape index (κ1) is 10.9. The number of piperidine rings is 1. The molecule has 3 aliphatic rings. The van der Waals surface area contributed by atoms with Gasteiger partial charge in [0.25, 0.3) is 0 Å². The normalized spacial score (nSPS) is 32.8. The predicted molar refractivity (Wildman–Crippen MR) is 66.5 cm³/mol. The van der Waals surface area contributed by atoms with Crippen molar-refractivity contribution in [3.8, 4) is 0 Å². The molecule has 1 N–H and O–H groups in total. The summed E-state index contributed by atoms with van der Waals surface area (Å²) in [6.07, 6.45) is 3.59. The van der Waals surface area contributed by atoms with Crippen molar-refractivity contribution in [3.63, 3.8) is 0 Å². The monoisotopic (exact) mass is 240 g/mol. The smallest absolute Gasteiger partial charge is 0.226 e. The second-order valence-corrected chi connectivity index (χ2v) is 6.53. The molecule has 0 bridgehead atoms. The van der Waals surface area contributed by atoms with Gasteiger partial charge in [-0.05, 0) is 37.8 Å². The average Bonchev–Trinajstić information content (AvgIpc) is 3.04. The molecule has 2 saturated heterocycles. The zero-order chi connectivity index (χ0) is 11.0. The second kappa shape index (κ2) is 4.22. The lowest BCUT2D eigenvalue weighted by Crippen LogP contribution is -2.40. The molecule has 0 aromatic heterocycles. The van der Waals surface area contributed by atoms with Crippen LogP contribution in [-0.2, 0) is 4.79 Å². The molecule has 4 heteroatoms. The maximum atomic E-state index is 12.3. The Morgan fingerprint density at radius 2 is 1.94 bits per heavy atom. The zero-order valence-corrected chi connectivity index (χ0v) is 10.5. The van der Waals surface area contributed by atoms with E-state index in [1.54, 1.807) is 0 Å². The Morgan fingerprint density at radius 3 is 2.62 bits per heavy atom. The Morgan fingerprint density at radius 1 is 1.25 bits per heavy atom. The van der Waals surface area contributed by atoms with Gasteiger partial charge in [-0.3, -0.25) is 4.79 Å². The number of nitrogens with zero attached hydrogens (tertiary/aromatic N) is 1. The highest BCUT2D eigenvalue weighted by atomic mass is 32.2. The van der Waals surface area contributed by atoms with E-state index < -0.39 is 0 Å². The topological polar surface area (TPSA) is 32.3 Å². The van der Waals surface area contributed by atoms with Crippen molar-refractivity contribution >= 4 is 17.7 Å². The lowest BCUT2D eigenvalue weighted by molar-refractivity contribution is -0.133. The highest BCUT2D eigenvalue weighted by molar-refractivity contribution is 7.99. The lowest BCUT2D eigenvalue weighted by Gasteiger charge is -2.29. The molecule has 0 radical (unpaired) electrons. The van der Waals surface area contributed by atoms with Gasteiger partial charge in [0.05, 0.1) is 0 Å². The SMILES string of the molecule is O=C([C@H]1CC12CCNCC2)N1CCSCC1. The number of amides is 1. The summed E-state index contributed by atoms with van der Waals surface area (Å²) in [5.41, 5.74) is 0.410. The number of rotatable bonds is 1. The molecule has 3 rings (SSSR count). The van der Waals surface area contributed by atoms with E-state index in [4.69, 9.17) is 0 Å². The molecule has 1 atom stereocenters. The first-order chi connectivity index (χ1) is 7.82. The van der Waals surface area contributed by atoms with E-state index in [9.17, 15) is 4.79 Å². The molecule has 90 valence electrons. The van der Waals surface area contributed by atoms with Gasteiger partial charge >= 0.3 is 0 Å². The highest BCUT2D eigenvalue weighted by Gasteiger charge is 2.58. The minimum Gasteiger partial charge on any atom is -0.341 e. The molecular formula is C12H20N2OS. The third-order valence-electron chi connectivity index (χ3n) is 4.41. The summed E-state index contributed by atoms with van der Waals surface area (Å²) in [5, 5.41) is 3.39. The summed E-state index contributed by atoms with van der Waals surface area (Å²) in [7, 11) is 0. The lowest BCUT2D eigenvalue weighted by atomic mass is 9.91. The third-order valence-corrected chi connectivity index (χ3v) is 5.35. The Kier molecular flexibility index (Phi) is 2.88. The van der Waals surface area contributed by atoms with Crippen molar-refractivity contribution in [2.45, 2.75) is 19.3 Å². The Balaban J connectivity index is 1.60. The fraction of sp³-hybridized carbons (Fsp3) is 0.917. The molecule has 1 spiro atoms. The van der Waals surface area contributed by atoms with Gasteiger partial charge in [0.1, 0.15) is 0 Å². The van der Waals surface area contributed by atoms with E-state index >= 15 is 0 Å². The number of carbonyl (C=O) groups is 1. The molecule has 0 aromatic rings. The first-order valence-corrected chi connectivity index (χ1v) is 7.55. The standard InChI is InChI=1S/C12H20N2OS/c15-11(14-5-7-16-8-6-14)10-9-12(10)1-3-13-4-2-12/h10,13H,1-9H2/t10-/m1/s1. The molecule has 1 saturated carbocycles. The van der Waals surface area contributed by atoms with E-state index in [0.717, 1.165) is 44.1 Å². The third kappa shape index (κ3) is 1.86. The van der Waals surface area contributed by atoms with E-state index in [1.807, 2.05) is 11.8 Å². The minimum atomic E-state index is 0.373. The van der Waals surface area contributed by atoms with Crippen molar-refractivity contribution < 1.29 is 4.79 Å². The van der Waals surface area contributed by atoms with E-state index in [0.29, 0.717) is 17.2 Å². The summed E-state index contributed by atoms with van der Waals surface area (Å²) >= 11 is 1.97. The van der Waals surface area contributed by atoms with Crippen LogP contribution in [0.3, 0.4) is 0 Å². The summed E-state index contributed by atoms with van der Waals surface area (Å²) in [6.45, 7) is 4.18. The highest BCUT2D eigenvalue weighted by Crippen LogP contribution is 2.59. The number of thioether (sulfide) groups is 1. The molecule has 0 unspecified atom stereocenters. The fourth-order valence-corrected chi connectivity index (χ4v) is 4.08. The maximum Gasteiger partial charge on any atom is 0.226 e. The summed E-state index contributed by atoms with van der Waals surface area (Å²) < 4.78 is 0. The van der Waals surface area contributed by atoms with Crippen molar-refractivity contribution in [1.29, 1.82) is 0 Å². The Labute approximate surface area is 101 Å². The number of hydrogen-bond donors (Lipinski definition) is 1. The van der Waals surface area contributed by atoms with Gasteiger partial charge in [0, 0.05) is 30.5 Å². The van der Waals surface area contributed by atoms with E-state index in [2.05, 4.69) is 10.2 Å². The molecule has 2 aliphatic heterocycles. The second-order valence-electron chi connectivity index (χ2n) is 5.31. The summed E-state index contributed by atoms with van der Waals surface area (Å²) in [6, 6.07) is 0. The van der Waals surface area contributed by atoms with Crippen LogP contribution in [0.5, 0.6) is 0 Å². The number of hydrogen-bond acceptors (Lipinski definition) is 3. The van der Waals surface area contributed by atoms with Crippen molar-refractivity contribution in [2.75, 3.05) is 37.7 Å². The quantitative estimate of drug-likeness (QED) is 0.741. The number of nitrogens with one attached hydrogen (secondary N) is 1. The van der Waals surface area contributed by atoms with Crippen LogP contribution in [0.25, 0.3) is 0 Å². The van der Waals surface area contributed by atoms with Crippen LogP contribution in [0.4, 0.5) is 0 Å². The average molecular weight is 240 g/mol. The van der Waals surface area contributed by atoms with Gasteiger partial charge in [-0.1, -0.05) is 0 Å². The molecule has 0 aromatic carbocycles. The van der Waals surface area contributed by atoms with Gasteiger partial charge in [0.2, 0.25) is 5.91 Å². The summed E-state index contributed by atoms with van der Waals surface area (Å²) in [4.78, 5) is 14.4. The summed E-state index contributed by atoms with van der Waals surface area (Å²) in [5.74, 6) is 3.10. The van der Waals surface area contributed by atoms with Crippen LogP contribution in [0.2, 0.25) is 0 Å². The van der Waals surface area contributed by atoms with Crippen molar-refractivity contribution in [2.24, 2.45) is 11.3 Å². The molecule has 1 amide bonds. The van der Waals surface area contributed by atoms with Crippen LogP contribution >= 0.6 is 11.8 Å². The Hall–Kier alpha value is -0.220. The zero-order valence-electron chi connectivity index (χ0n) is 9.71. The van der Waals surface area contributed by atoms with Crippen LogP contribution in [0.1, 0.15) is 19.3 Å². The molecule has 3 fully saturated rings. The Bertz CT molecular complexity index is 283. The predicted octanol–water partition coefficient (Wildman–Crippen LogP) is 0.951. The van der Waals surface area contributed by atoms with Crippen molar-refractivity contribution in [3.05, 3.63) is 0 Å². The van der Waals surface area contributed by atoms with E-state index in [-0.39, 0.29) is 0 Å². The minimum absolute atomic E-state index is 0.373. The maximum absolute atomic E-state index is 12.3. The molecule has 3 nitrogen and oxygen atoms in total. The van der Waals surface area contributed by atoms with Gasteiger partial charge in [-0.25, -0.2) is 0 Å². The van der Waals surface area contributed by atoms with Gasteiger partial charge in [-0.15, -0.1) is 0 Å². The van der Waals surface area contributed by atoms with E-state index in [1.165, 1.54) is 12.8 Å². The molecular weight excluding hydrogens is 220 g/mol. The van der Waals surface area contributed by atoms with Crippen LogP contribution in [-0.4, -0.2) is 48.5 Å². The van der Waals surface area contributed by atoms with Gasteiger partial charge in [0.15, 0.2) is 0 Å². The van der Waals surface area contributed by atoms with Gasteiger partial charge < -0.3 is 10.2 Å². The number of carbonyl (C=O) groups excluding carboxylic acids is 1. The van der Waals surface area contributed by atoms with Crippen LogP contribution < -0.4 is 5.32 Å². The molecule has 2 heterocycles. The van der Waals surface area contributed by atoms with Crippen LogP contribution in [0.15, 0.2) is 0 Å². The molecule has 16 heavy (non-hydrogen) atoms. The fourth-order valence-electron chi connectivity index (χ4n) is 3.18.